The number of rotatable bonds is 5. The van der Waals surface area contributed by atoms with Crippen LogP contribution >= 0.6 is 27.5 Å². The van der Waals surface area contributed by atoms with Gasteiger partial charge in [-0.05, 0) is 38.0 Å². The first-order chi connectivity index (χ1) is 7.54. The minimum atomic E-state index is 0.537. The molecule has 0 heterocycles. The molecule has 1 aromatic carbocycles. The smallest absolute Gasteiger partial charge is 0.0453 e. The van der Waals surface area contributed by atoms with Gasteiger partial charge in [0, 0.05) is 29.5 Å². The molecule has 0 saturated heterocycles. The second-order valence-corrected chi connectivity index (χ2v) is 5.55. The van der Waals surface area contributed by atoms with Crippen LogP contribution in [0.3, 0.4) is 0 Å². The van der Waals surface area contributed by atoms with Crippen molar-refractivity contribution in [2.75, 3.05) is 11.9 Å². The first-order valence-electron chi connectivity index (χ1n) is 5.59. The third kappa shape index (κ3) is 4.08. The zero-order chi connectivity index (χ0) is 12.1. The van der Waals surface area contributed by atoms with E-state index in [1.165, 1.54) is 11.1 Å². The summed E-state index contributed by atoms with van der Waals surface area (Å²) in [6, 6.07) is 6.81. The fourth-order valence-corrected chi connectivity index (χ4v) is 2.38. The highest BCUT2D eigenvalue weighted by Gasteiger charge is 2.11. The van der Waals surface area contributed by atoms with E-state index in [9.17, 15) is 0 Å². The van der Waals surface area contributed by atoms with E-state index in [0.717, 1.165) is 23.4 Å². The number of nitrogens with zero attached hydrogens (tertiary/aromatic N) is 1. The van der Waals surface area contributed by atoms with E-state index in [0.29, 0.717) is 6.04 Å². The number of halogens is 2. The summed E-state index contributed by atoms with van der Waals surface area (Å²) < 4.78 is 0. The summed E-state index contributed by atoms with van der Waals surface area (Å²) in [5.41, 5.74) is 2.42. The Balaban J connectivity index is 2.77. The number of alkyl halides is 1. The second kappa shape index (κ2) is 6.63. The van der Waals surface area contributed by atoms with Crippen LogP contribution in [0.25, 0.3) is 0 Å². The van der Waals surface area contributed by atoms with Gasteiger partial charge in [-0.25, -0.2) is 0 Å². The fraction of sp³-hybridized carbons (Fsp3) is 0.538. The Bertz CT molecular complexity index is 339. The summed E-state index contributed by atoms with van der Waals surface area (Å²) in [5, 5.41) is 1.87. The molecule has 0 aliphatic rings. The Morgan fingerprint density at radius 2 is 2.06 bits per heavy atom. The van der Waals surface area contributed by atoms with Gasteiger partial charge in [-0.15, -0.1) is 0 Å². The van der Waals surface area contributed by atoms with E-state index in [1.807, 2.05) is 6.07 Å². The lowest BCUT2D eigenvalue weighted by Crippen LogP contribution is -2.32. The van der Waals surface area contributed by atoms with Crippen molar-refractivity contribution >= 4 is 27.5 Å². The van der Waals surface area contributed by atoms with Crippen LogP contribution in [0.1, 0.15) is 25.0 Å². The summed E-state index contributed by atoms with van der Waals surface area (Å²) in [6.45, 7) is 8.45. The third-order valence-electron chi connectivity index (χ3n) is 2.68. The summed E-state index contributed by atoms with van der Waals surface area (Å²) in [7, 11) is 0. The summed E-state index contributed by atoms with van der Waals surface area (Å²) in [4.78, 5) is 2.41. The molecule has 0 bridgehead atoms. The third-order valence-corrected chi connectivity index (χ3v) is 3.39. The molecule has 0 aliphatic carbocycles. The molecular formula is C13H19BrClN. The van der Waals surface area contributed by atoms with Gasteiger partial charge in [0.05, 0.1) is 0 Å². The topological polar surface area (TPSA) is 3.24 Å². The normalized spacial score (nSPS) is 11.4. The van der Waals surface area contributed by atoms with E-state index in [1.54, 1.807) is 0 Å². The molecule has 1 aromatic rings. The molecule has 0 atom stereocenters. The summed E-state index contributed by atoms with van der Waals surface area (Å²) >= 11 is 9.73. The number of hydrogen-bond donors (Lipinski definition) is 0. The van der Waals surface area contributed by atoms with Crippen molar-refractivity contribution in [3.05, 3.63) is 34.3 Å². The molecule has 0 unspecified atom stereocenters. The van der Waals surface area contributed by atoms with Crippen LogP contribution in [0, 0.1) is 6.92 Å². The van der Waals surface area contributed by atoms with Crippen LogP contribution in [-0.2, 0) is 6.54 Å². The van der Waals surface area contributed by atoms with Crippen molar-refractivity contribution < 1.29 is 0 Å². The summed E-state index contributed by atoms with van der Waals surface area (Å²) in [5.74, 6) is 0. The molecule has 0 spiro atoms. The molecule has 0 radical (unpaired) electrons. The molecule has 90 valence electrons. The standard InChI is InChI=1S/C13H19BrClN/c1-10(2)16(7-6-14)9-12-5-4-11(3)8-13(12)15/h4-5,8,10H,6-7,9H2,1-3H3. The van der Waals surface area contributed by atoms with Gasteiger partial charge in [-0.1, -0.05) is 39.7 Å². The number of benzene rings is 1. The molecule has 0 aromatic heterocycles. The highest BCUT2D eigenvalue weighted by atomic mass is 79.9. The first kappa shape index (κ1) is 14.0. The highest BCUT2D eigenvalue weighted by Crippen LogP contribution is 2.20. The molecule has 0 N–H and O–H groups in total. The maximum absolute atomic E-state index is 6.24. The van der Waals surface area contributed by atoms with Gasteiger partial charge in [0.1, 0.15) is 0 Å². The van der Waals surface area contributed by atoms with Crippen molar-refractivity contribution in [2.24, 2.45) is 0 Å². The maximum Gasteiger partial charge on any atom is 0.0453 e. The highest BCUT2D eigenvalue weighted by molar-refractivity contribution is 9.09. The SMILES string of the molecule is Cc1ccc(CN(CCBr)C(C)C)c(Cl)c1. The van der Waals surface area contributed by atoms with Gasteiger partial charge >= 0.3 is 0 Å². The van der Waals surface area contributed by atoms with Gasteiger partial charge in [-0.2, -0.15) is 0 Å². The Kier molecular flexibility index (Phi) is 5.81. The van der Waals surface area contributed by atoms with Crippen LogP contribution in [0.2, 0.25) is 5.02 Å². The second-order valence-electron chi connectivity index (χ2n) is 4.35. The summed E-state index contributed by atoms with van der Waals surface area (Å²) in [6.07, 6.45) is 0. The average Bonchev–Trinajstić information content (AvgIpc) is 2.20. The van der Waals surface area contributed by atoms with Gasteiger partial charge in [0.25, 0.3) is 0 Å². The molecule has 0 fully saturated rings. The molecule has 1 nitrogen and oxygen atoms in total. The molecule has 0 saturated carbocycles. The lowest BCUT2D eigenvalue weighted by molar-refractivity contribution is 0.227. The Hall–Kier alpha value is -0.0500. The van der Waals surface area contributed by atoms with Gasteiger partial charge in [0.15, 0.2) is 0 Å². The first-order valence-corrected chi connectivity index (χ1v) is 7.09. The predicted molar refractivity (Wildman–Crippen MR) is 75.5 cm³/mol. The van der Waals surface area contributed by atoms with Gasteiger partial charge in [0.2, 0.25) is 0 Å². The van der Waals surface area contributed by atoms with Crippen molar-refractivity contribution in [3.8, 4) is 0 Å². The van der Waals surface area contributed by atoms with Crippen LogP contribution in [0.4, 0.5) is 0 Å². The van der Waals surface area contributed by atoms with Crippen molar-refractivity contribution in [3.63, 3.8) is 0 Å². The van der Waals surface area contributed by atoms with Crippen molar-refractivity contribution in [2.45, 2.75) is 33.4 Å². The van der Waals surface area contributed by atoms with Gasteiger partial charge in [-0.3, -0.25) is 4.90 Å². The largest absolute Gasteiger partial charge is 0.296 e. The van der Waals surface area contributed by atoms with Gasteiger partial charge < -0.3 is 0 Å². The Morgan fingerprint density at radius 1 is 1.38 bits per heavy atom. The molecule has 1 rings (SSSR count). The molecular weight excluding hydrogens is 286 g/mol. The van der Waals surface area contributed by atoms with Crippen LogP contribution in [0.5, 0.6) is 0 Å². The lowest BCUT2D eigenvalue weighted by atomic mass is 10.1. The van der Waals surface area contributed by atoms with E-state index < -0.39 is 0 Å². The minimum Gasteiger partial charge on any atom is -0.296 e. The zero-order valence-electron chi connectivity index (χ0n) is 10.1. The average molecular weight is 305 g/mol. The zero-order valence-corrected chi connectivity index (χ0v) is 12.5. The minimum absolute atomic E-state index is 0.537. The van der Waals surface area contributed by atoms with Crippen LogP contribution < -0.4 is 0 Å². The lowest BCUT2D eigenvalue weighted by Gasteiger charge is -2.26. The quantitative estimate of drug-likeness (QED) is 0.735. The maximum atomic E-state index is 6.24. The van der Waals surface area contributed by atoms with Crippen molar-refractivity contribution in [1.29, 1.82) is 0 Å². The Labute approximate surface area is 112 Å². The predicted octanol–water partition coefficient (Wildman–Crippen LogP) is 4.25. The fourth-order valence-electron chi connectivity index (χ4n) is 1.63. The van der Waals surface area contributed by atoms with E-state index in [2.05, 4.69) is 53.7 Å². The van der Waals surface area contributed by atoms with E-state index >= 15 is 0 Å². The van der Waals surface area contributed by atoms with Crippen molar-refractivity contribution in [1.82, 2.24) is 4.90 Å². The van der Waals surface area contributed by atoms with Crippen LogP contribution in [-0.4, -0.2) is 22.8 Å². The molecule has 0 aliphatic heterocycles. The monoisotopic (exact) mass is 303 g/mol. The molecule has 16 heavy (non-hydrogen) atoms. The van der Waals surface area contributed by atoms with Crippen LogP contribution in [0.15, 0.2) is 18.2 Å². The molecule has 3 heteroatoms. The van der Waals surface area contributed by atoms with E-state index in [4.69, 9.17) is 11.6 Å². The number of hydrogen-bond acceptors (Lipinski definition) is 1. The van der Waals surface area contributed by atoms with E-state index in [-0.39, 0.29) is 0 Å². The Morgan fingerprint density at radius 3 is 2.56 bits per heavy atom. The number of aryl methyl sites for hydroxylation is 1. The molecule has 0 amide bonds.